The van der Waals surface area contributed by atoms with E-state index in [0.29, 0.717) is 12.1 Å². The number of nitrogens with one attached hydrogen (secondary N) is 3. The smallest absolute Gasteiger partial charge is 0.146 e. The van der Waals surface area contributed by atoms with Crippen molar-refractivity contribution in [1.82, 2.24) is 16.0 Å². The average molecular weight is 314 g/mol. The SMILES string of the molecule is CCNC(CO[SiH3])(NC1CCCCC1)NC1CCCCC1. The summed E-state index contributed by atoms with van der Waals surface area (Å²) in [7, 11) is 0.794. The molecule has 0 aromatic heterocycles. The molecule has 3 N–H and O–H groups in total. The van der Waals surface area contributed by atoms with E-state index in [1.54, 1.807) is 0 Å². The largest absolute Gasteiger partial charge is 0.423 e. The van der Waals surface area contributed by atoms with Crippen molar-refractivity contribution in [2.75, 3.05) is 13.2 Å². The molecule has 0 aliphatic heterocycles. The Morgan fingerprint density at radius 1 is 0.905 bits per heavy atom. The van der Waals surface area contributed by atoms with Crippen LogP contribution in [0.2, 0.25) is 0 Å². The summed E-state index contributed by atoms with van der Waals surface area (Å²) in [5, 5.41) is 11.5. The van der Waals surface area contributed by atoms with E-state index < -0.39 is 0 Å². The van der Waals surface area contributed by atoms with Crippen LogP contribution in [-0.2, 0) is 4.43 Å². The highest BCUT2D eigenvalue weighted by molar-refractivity contribution is 5.98. The van der Waals surface area contributed by atoms with Crippen LogP contribution in [0.5, 0.6) is 0 Å². The van der Waals surface area contributed by atoms with Crippen LogP contribution >= 0.6 is 0 Å². The monoisotopic (exact) mass is 313 g/mol. The second-order valence-corrected chi connectivity index (χ2v) is 7.40. The first kappa shape index (κ1) is 17.4. The van der Waals surface area contributed by atoms with Crippen LogP contribution in [0.3, 0.4) is 0 Å². The third-order valence-electron chi connectivity index (χ3n) is 4.95. The van der Waals surface area contributed by atoms with Crippen LogP contribution in [0, 0.1) is 0 Å². The van der Waals surface area contributed by atoms with Crippen molar-refractivity contribution in [3.63, 3.8) is 0 Å². The van der Waals surface area contributed by atoms with Crippen molar-refractivity contribution in [2.24, 2.45) is 0 Å². The minimum atomic E-state index is -0.222. The third kappa shape index (κ3) is 5.64. The summed E-state index contributed by atoms with van der Waals surface area (Å²) >= 11 is 0. The zero-order valence-corrected chi connectivity index (χ0v) is 16.0. The number of hydrogen-bond donors (Lipinski definition) is 3. The molecule has 2 fully saturated rings. The molecule has 0 bridgehead atoms. The van der Waals surface area contributed by atoms with Gasteiger partial charge in [0.1, 0.15) is 16.3 Å². The molecule has 0 unspecified atom stereocenters. The molecule has 5 heteroatoms. The summed E-state index contributed by atoms with van der Waals surface area (Å²) in [6.45, 7) is 3.89. The lowest BCUT2D eigenvalue weighted by molar-refractivity contribution is 0.0760. The molecule has 0 aromatic rings. The quantitative estimate of drug-likeness (QED) is 0.468. The van der Waals surface area contributed by atoms with Gasteiger partial charge in [-0.1, -0.05) is 45.4 Å². The van der Waals surface area contributed by atoms with E-state index in [9.17, 15) is 0 Å². The molecule has 0 radical (unpaired) electrons. The van der Waals surface area contributed by atoms with Gasteiger partial charge in [-0.05, 0) is 32.2 Å². The molecule has 2 saturated carbocycles. The summed E-state index contributed by atoms with van der Waals surface area (Å²) in [5.74, 6) is -0.222. The molecule has 21 heavy (non-hydrogen) atoms. The van der Waals surface area contributed by atoms with Crippen LogP contribution < -0.4 is 16.0 Å². The first-order chi connectivity index (χ1) is 10.3. The Bertz CT molecular complexity index is 251. The standard InChI is InChI=1S/C16H35N3OSi/c1-2-17-16(13-20-21,18-14-9-5-3-6-10-14)19-15-11-7-4-8-12-15/h14-15,17-19H,2-13H2,1,21H3. The zero-order chi connectivity index (χ0) is 15.0. The third-order valence-corrected chi connectivity index (χ3v) is 5.24. The summed E-state index contributed by atoms with van der Waals surface area (Å²) in [4.78, 5) is 0. The van der Waals surface area contributed by atoms with Gasteiger partial charge in [-0.25, -0.2) is 0 Å². The second-order valence-electron chi connectivity index (χ2n) is 6.83. The number of hydrogen-bond acceptors (Lipinski definition) is 4. The van der Waals surface area contributed by atoms with E-state index in [1.807, 2.05) is 0 Å². The van der Waals surface area contributed by atoms with Gasteiger partial charge in [0.2, 0.25) is 0 Å². The molecule has 0 amide bonds. The molecule has 2 aliphatic rings. The predicted octanol–water partition coefficient (Wildman–Crippen LogP) is 1.39. The van der Waals surface area contributed by atoms with Crippen molar-refractivity contribution in [1.29, 1.82) is 0 Å². The van der Waals surface area contributed by atoms with Crippen molar-refractivity contribution >= 4 is 10.5 Å². The van der Waals surface area contributed by atoms with E-state index in [4.69, 9.17) is 4.43 Å². The maximum absolute atomic E-state index is 5.69. The van der Waals surface area contributed by atoms with Gasteiger partial charge in [0, 0.05) is 12.1 Å². The lowest BCUT2D eigenvalue weighted by Crippen LogP contribution is -2.73. The minimum Gasteiger partial charge on any atom is -0.423 e. The Hall–Kier alpha value is 0.0569. The average Bonchev–Trinajstić information content (AvgIpc) is 2.50. The first-order valence-corrected chi connectivity index (χ1v) is 9.89. The van der Waals surface area contributed by atoms with Crippen molar-refractivity contribution < 1.29 is 4.43 Å². The van der Waals surface area contributed by atoms with Crippen LogP contribution in [0.1, 0.15) is 71.1 Å². The second kappa shape index (κ2) is 9.25. The van der Waals surface area contributed by atoms with Crippen LogP contribution in [0.15, 0.2) is 0 Å². The maximum Gasteiger partial charge on any atom is 0.146 e. The van der Waals surface area contributed by atoms with Gasteiger partial charge in [-0.2, -0.15) is 0 Å². The van der Waals surface area contributed by atoms with E-state index in [1.165, 1.54) is 64.2 Å². The highest BCUT2D eigenvalue weighted by Gasteiger charge is 2.34. The Balaban J connectivity index is 1.98. The fourth-order valence-electron chi connectivity index (χ4n) is 3.99. The highest BCUT2D eigenvalue weighted by Crippen LogP contribution is 2.22. The molecule has 4 nitrogen and oxygen atoms in total. The van der Waals surface area contributed by atoms with Gasteiger partial charge in [-0.3, -0.25) is 16.0 Å². The van der Waals surface area contributed by atoms with Gasteiger partial charge in [-0.15, -0.1) is 0 Å². The molecule has 0 atom stereocenters. The molecule has 124 valence electrons. The van der Waals surface area contributed by atoms with Crippen LogP contribution in [0.4, 0.5) is 0 Å². The molecule has 0 spiro atoms. The summed E-state index contributed by atoms with van der Waals surface area (Å²) < 4.78 is 5.69. The van der Waals surface area contributed by atoms with Gasteiger partial charge < -0.3 is 4.43 Å². The molecule has 2 rings (SSSR count). The summed E-state index contributed by atoms with van der Waals surface area (Å²) in [6, 6.07) is 1.26. The summed E-state index contributed by atoms with van der Waals surface area (Å²) in [6.07, 6.45) is 13.5. The predicted molar refractivity (Wildman–Crippen MR) is 92.3 cm³/mol. The fraction of sp³-hybridized carbons (Fsp3) is 1.00. The Morgan fingerprint density at radius 2 is 1.38 bits per heavy atom. The van der Waals surface area contributed by atoms with Gasteiger partial charge in [0.15, 0.2) is 0 Å². The van der Waals surface area contributed by atoms with Gasteiger partial charge in [0.25, 0.3) is 0 Å². The van der Waals surface area contributed by atoms with E-state index in [0.717, 1.165) is 23.6 Å². The normalized spacial score (nSPS) is 22.7. The Morgan fingerprint density at radius 3 is 1.76 bits per heavy atom. The molecular formula is C16H35N3OSi. The van der Waals surface area contributed by atoms with Crippen LogP contribution in [-0.4, -0.2) is 41.5 Å². The first-order valence-electron chi connectivity index (χ1n) is 9.07. The van der Waals surface area contributed by atoms with E-state index >= 15 is 0 Å². The molecule has 0 aromatic carbocycles. The highest BCUT2D eigenvalue weighted by atomic mass is 28.2. The number of rotatable bonds is 8. The van der Waals surface area contributed by atoms with Crippen molar-refractivity contribution in [3.8, 4) is 0 Å². The maximum atomic E-state index is 5.69. The number of likely N-dealkylation sites (N-methyl/N-ethyl adjacent to an activating group) is 1. The molecule has 0 saturated heterocycles. The fourth-order valence-corrected chi connectivity index (χ4v) is 4.42. The van der Waals surface area contributed by atoms with E-state index in [-0.39, 0.29) is 5.79 Å². The zero-order valence-electron chi connectivity index (χ0n) is 14.0. The molecule has 2 aliphatic carbocycles. The minimum absolute atomic E-state index is 0.222. The molecular weight excluding hydrogens is 278 g/mol. The lowest BCUT2D eigenvalue weighted by atomic mass is 9.93. The Labute approximate surface area is 133 Å². The molecule has 0 heterocycles. The van der Waals surface area contributed by atoms with E-state index in [2.05, 4.69) is 22.9 Å². The topological polar surface area (TPSA) is 45.3 Å². The van der Waals surface area contributed by atoms with Crippen molar-refractivity contribution in [3.05, 3.63) is 0 Å². The summed E-state index contributed by atoms with van der Waals surface area (Å²) in [5.41, 5.74) is 0. The van der Waals surface area contributed by atoms with Crippen LogP contribution in [0.25, 0.3) is 0 Å². The van der Waals surface area contributed by atoms with Gasteiger partial charge in [0.05, 0.1) is 6.61 Å². The Kier molecular flexibility index (Phi) is 7.67. The van der Waals surface area contributed by atoms with Crippen molar-refractivity contribution in [2.45, 2.75) is 89.0 Å². The lowest BCUT2D eigenvalue weighted by Gasteiger charge is -2.43. The van der Waals surface area contributed by atoms with Gasteiger partial charge >= 0.3 is 0 Å².